The predicted octanol–water partition coefficient (Wildman–Crippen LogP) is 9.95. The Bertz CT molecular complexity index is 613. The van der Waals surface area contributed by atoms with Gasteiger partial charge in [0, 0.05) is 12.8 Å². The molecule has 1 atom stereocenters. The summed E-state index contributed by atoms with van der Waals surface area (Å²) >= 11 is 0. The van der Waals surface area contributed by atoms with Crippen LogP contribution in [0.5, 0.6) is 0 Å². The van der Waals surface area contributed by atoms with Gasteiger partial charge in [-0.3, -0.25) is 9.59 Å². The summed E-state index contributed by atoms with van der Waals surface area (Å²) in [4.78, 5) is 24.1. The van der Waals surface area contributed by atoms with Crippen LogP contribution in [0.2, 0.25) is 0 Å². The Hall–Kier alpha value is -1.62. The molecule has 0 aliphatic rings. The molecule has 0 aromatic heterocycles. The molecule has 0 aromatic carbocycles. The molecule has 1 unspecified atom stereocenters. The van der Waals surface area contributed by atoms with Crippen molar-refractivity contribution < 1.29 is 24.2 Å². The molecule has 0 bridgehead atoms. The summed E-state index contributed by atoms with van der Waals surface area (Å²) in [6.45, 7) is 4.08. The molecule has 1 N–H and O–H groups in total. The fourth-order valence-corrected chi connectivity index (χ4v) is 4.64. The molecule has 0 fully saturated rings. The number of rotatable bonds is 30. The van der Waals surface area contributed by atoms with Gasteiger partial charge in [0.2, 0.25) is 0 Å². The molecule has 0 heterocycles. The van der Waals surface area contributed by atoms with E-state index in [1.165, 1.54) is 89.9 Å². The van der Waals surface area contributed by atoms with Crippen LogP contribution in [0.25, 0.3) is 0 Å². The highest BCUT2D eigenvalue weighted by molar-refractivity contribution is 5.70. The van der Waals surface area contributed by atoms with Crippen LogP contribution in [0.4, 0.5) is 0 Å². The minimum atomic E-state index is -0.771. The maximum atomic E-state index is 12.1. The molecule has 5 nitrogen and oxygen atoms in total. The van der Waals surface area contributed by atoms with Gasteiger partial charge in [0.1, 0.15) is 6.61 Å². The fraction of sp³-hybridized carbons (Fsp3) is 0.829. The van der Waals surface area contributed by atoms with Crippen LogP contribution in [0.15, 0.2) is 24.3 Å². The number of unbranched alkanes of at least 4 members (excludes halogenated alkanes) is 18. The largest absolute Gasteiger partial charge is 0.462 e. The first-order valence-corrected chi connectivity index (χ1v) is 16.9. The highest BCUT2D eigenvalue weighted by Gasteiger charge is 2.16. The van der Waals surface area contributed by atoms with Crippen LogP contribution in [-0.2, 0) is 19.1 Å². The van der Waals surface area contributed by atoms with Gasteiger partial charge in [-0.25, -0.2) is 0 Å². The third kappa shape index (κ3) is 29.4. The first-order valence-electron chi connectivity index (χ1n) is 16.9. The Morgan fingerprint density at radius 3 is 1.50 bits per heavy atom. The highest BCUT2D eigenvalue weighted by atomic mass is 16.6. The topological polar surface area (TPSA) is 72.8 Å². The third-order valence-corrected chi connectivity index (χ3v) is 7.25. The van der Waals surface area contributed by atoms with Crippen molar-refractivity contribution in [3.8, 4) is 0 Å². The van der Waals surface area contributed by atoms with Crippen molar-refractivity contribution in [2.75, 3.05) is 13.2 Å². The number of hydrogen-bond acceptors (Lipinski definition) is 5. The average Bonchev–Trinajstić information content (AvgIpc) is 2.96. The number of allylic oxidation sites excluding steroid dienone is 4. The lowest BCUT2D eigenvalue weighted by atomic mass is 10.1. The zero-order valence-electron chi connectivity index (χ0n) is 26.4. The van der Waals surface area contributed by atoms with Crippen LogP contribution in [-0.4, -0.2) is 36.4 Å². The summed E-state index contributed by atoms with van der Waals surface area (Å²) in [7, 11) is 0. The first-order chi connectivity index (χ1) is 19.6. The molecule has 40 heavy (non-hydrogen) atoms. The average molecular weight is 565 g/mol. The van der Waals surface area contributed by atoms with Gasteiger partial charge in [-0.2, -0.15) is 0 Å². The molecule has 5 heteroatoms. The molecule has 0 spiro atoms. The zero-order chi connectivity index (χ0) is 29.4. The normalized spacial score (nSPS) is 12.4. The number of aliphatic hydroxyl groups is 1. The summed E-state index contributed by atoms with van der Waals surface area (Å²) in [5.41, 5.74) is 0. The van der Waals surface area contributed by atoms with Crippen LogP contribution < -0.4 is 0 Å². The Kier molecular flexibility index (Phi) is 30.6. The van der Waals surface area contributed by atoms with Crippen molar-refractivity contribution in [3.63, 3.8) is 0 Å². The molecule has 0 radical (unpaired) electrons. The van der Waals surface area contributed by atoms with Crippen molar-refractivity contribution in [2.24, 2.45) is 0 Å². The van der Waals surface area contributed by atoms with Gasteiger partial charge in [0.15, 0.2) is 6.10 Å². The van der Waals surface area contributed by atoms with Gasteiger partial charge >= 0.3 is 11.9 Å². The molecular formula is C35H64O5. The summed E-state index contributed by atoms with van der Waals surface area (Å²) in [6.07, 6.45) is 35.1. The smallest absolute Gasteiger partial charge is 0.306 e. The lowest BCUT2D eigenvalue weighted by Gasteiger charge is -2.15. The summed E-state index contributed by atoms with van der Waals surface area (Å²) in [5.74, 6) is -0.607. The number of carbonyl (C=O) groups excluding carboxylic acids is 2. The number of ether oxygens (including phenoxy) is 2. The monoisotopic (exact) mass is 564 g/mol. The molecule has 0 aliphatic heterocycles. The molecule has 0 saturated carbocycles. The molecular weight excluding hydrogens is 500 g/mol. The van der Waals surface area contributed by atoms with E-state index in [1.807, 2.05) is 0 Å². The van der Waals surface area contributed by atoms with E-state index in [4.69, 9.17) is 9.47 Å². The van der Waals surface area contributed by atoms with E-state index in [0.717, 1.165) is 51.4 Å². The second-order valence-electron chi connectivity index (χ2n) is 11.2. The molecule has 0 rings (SSSR count). The van der Waals surface area contributed by atoms with Gasteiger partial charge in [-0.1, -0.05) is 134 Å². The molecule has 234 valence electrons. The van der Waals surface area contributed by atoms with E-state index in [1.54, 1.807) is 0 Å². The first kappa shape index (κ1) is 38.4. The number of carbonyl (C=O) groups is 2. The number of aliphatic hydroxyl groups excluding tert-OH is 1. The Labute approximate surface area is 247 Å². The van der Waals surface area contributed by atoms with Crippen molar-refractivity contribution in [1.82, 2.24) is 0 Å². The van der Waals surface area contributed by atoms with E-state index >= 15 is 0 Å². The predicted molar refractivity (Wildman–Crippen MR) is 168 cm³/mol. The van der Waals surface area contributed by atoms with E-state index in [-0.39, 0.29) is 25.2 Å². The molecule has 0 saturated heterocycles. The van der Waals surface area contributed by atoms with Crippen LogP contribution in [0.3, 0.4) is 0 Å². The molecule has 0 aliphatic carbocycles. The summed E-state index contributed by atoms with van der Waals surface area (Å²) < 4.78 is 10.5. The van der Waals surface area contributed by atoms with Crippen molar-refractivity contribution in [1.29, 1.82) is 0 Å². The van der Waals surface area contributed by atoms with Crippen LogP contribution in [0, 0.1) is 0 Å². The standard InChI is InChI=1S/C35H64O5/c1-3-5-7-9-11-13-15-16-17-18-19-20-22-24-26-28-30-35(38)40-33(31-36)32-39-34(37)29-27-25-23-21-14-12-10-8-6-4-2/h13,15,17-18,33,36H,3-12,14,16,19-32H2,1-2H3/b15-13-,18-17-. The fourth-order valence-electron chi connectivity index (χ4n) is 4.64. The molecule has 0 aromatic rings. The third-order valence-electron chi connectivity index (χ3n) is 7.25. The minimum Gasteiger partial charge on any atom is -0.462 e. The van der Waals surface area contributed by atoms with Gasteiger partial charge in [0.25, 0.3) is 0 Å². The Morgan fingerprint density at radius 1 is 0.575 bits per heavy atom. The number of hydrogen-bond donors (Lipinski definition) is 1. The van der Waals surface area contributed by atoms with Gasteiger partial charge in [-0.15, -0.1) is 0 Å². The zero-order valence-corrected chi connectivity index (χ0v) is 26.4. The van der Waals surface area contributed by atoms with E-state index < -0.39 is 6.10 Å². The maximum absolute atomic E-state index is 12.1. The second-order valence-corrected chi connectivity index (χ2v) is 11.2. The lowest BCUT2D eigenvalue weighted by molar-refractivity contribution is -0.161. The van der Waals surface area contributed by atoms with Gasteiger partial charge < -0.3 is 14.6 Å². The van der Waals surface area contributed by atoms with Crippen molar-refractivity contribution in [2.45, 2.75) is 174 Å². The maximum Gasteiger partial charge on any atom is 0.306 e. The van der Waals surface area contributed by atoms with Crippen molar-refractivity contribution in [3.05, 3.63) is 24.3 Å². The van der Waals surface area contributed by atoms with E-state index in [0.29, 0.717) is 12.8 Å². The SMILES string of the molecule is CCCCCC/C=C\C/C=C\CCCCCCCC(=O)OC(CO)COC(=O)CCCCCCCCCCCC. The van der Waals surface area contributed by atoms with E-state index in [9.17, 15) is 14.7 Å². The summed E-state index contributed by atoms with van der Waals surface area (Å²) in [6, 6.07) is 0. The Balaban J connectivity index is 3.61. The van der Waals surface area contributed by atoms with Crippen molar-refractivity contribution >= 4 is 11.9 Å². The second kappa shape index (κ2) is 31.9. The van der Waals surface area contributed by atoms with E-state index in [2.05, 4.69) is 38.2 Å². The quantitative estimate of drug-likeness (QED) is 0.0534. The minimum absolute atomic E-state index is 0.0684. The lowest BCUT2D eigenvalue weighted by Crippen LogP contribution is -2.28. The van der Waals surface area contributed by atoms with Gasteiger partial charge in [0.05, 0.1) is 6.61 Å². The van der Waals surface area contributed by atoms with Crippen LogP contribution >= 0.6 is 0 Å². The summed E-state index contributed by atoms with van der Waals surface area (Å²) in [5, 5.41) is 9.49. The van der Waals surface area contributed by atoms with Crippen LogP contribution in [0.1, 0.15) is 168 Å². The number of esters is 2. The highest BCUT2D eigenvalue weighted by Crippen LogP contribution is 2.12. The Morgan fingerprint density at radius 2 is 1.00 bits per heavy atom. The molecule has 0 amide bonds. The van der Waals surface area contributed by atoms with Gasteiger partial charge in [-0.05, 0) is 44.9 Å².